The first-order valence-electron chi connectivity index (χ1n) is 6.53. The van der Waals surface area contributed by atoms with Crippen LogP contribution in [0, 0.1) is 0 Å². The number of aromatic hydroxyl groups is 1. The van der Waals surface area contributed by atoms with E-state index in [1.165, 1.54) is 24.1 Å². The SMILES string of the molecule is CN(C(=O)NC1(C(=O)O)CCCC1)c1cccc(O)c1. The standard InChI is InChI=1S/C14H18N2O4/c1-16(10-5-4-6-11(17)9-10)13(20)15-14(12(18)19)7-2-3-8-14/h4-6,9,17H,2-3,7-8H2,1H3,(H,15,20)(H,18,19). The first kappa shape index (κ1) is 14.2. The second kappa shape index (κ2) is 5.40. The van der Waals surface area contributed by atoms with Crippen LogP contribution in [0.15, 0.2) is 24.3 Å². The summed E-state index contributed by atoms with van der Waals surface area (Å²) in [5.41, 5.74) is -0.664. The van der Waals surface area contributed by atoms with Gasteiger partial charge in [0.2, 0.25) is 0 Å². The Hall–Kier alpha value is -2.24. The van der Waals surface area contributed by atoms with Crippen LogP contribution in [0.25, 0.3) is 0 Å². The van der Waals surface area contributed by atoms with E-state index in [0.29, 0.717) is 18.5 Å². The zero-order valence-electron chi connectivity index (χ0n) is 11.3. The molecule has 0 aliphatic heterocycles. The number of carbonyl (C=O) groups excluding carboxylic acids is 1. The Labute approximate surface area is 117 Å². The Morgan fingerprint density at radius 2 is 1.95 bits per heavy atom. The Morgan fingerprint density at radius 3 is 2.50 bits per heavy atom. The maximum Gasteiger partial charge on any atom is 0.329 e. The molecule has 1 fully saturated rings. The predicted octanol–water partition coefficient (Wildman–Crippen LogP) is 1.94. The predicted molar refractivity (Wildman–Crippen MR) is 73.9 cm³/mol. The Kier molecular flexibility index (Phi) is 3.83. The molecule has 1 saturated carbocycles. The number of hydrogen-bond donors (Lipinski definition) is 3. The van der Waals surface area contributed by atoms with Crippen molar-refractivity contribution in [2.24, 2.45) is 0 Å². The molecule has 6 heteroatoms. The van der Waals surface area contributed by atoms with Gasteiger partial charge in [-0.05, 0) is 25.0 Å². The molecule has 0 aromatic heterocycles. The molecule has 1 aromatic rings. The molecule has 0 unspecified atom stereocenters. The summed E-state index contributed by atoms with van der Waals surface area (Å²) in [4.78, 5) is 24.9. The molecular weight excluding hydrogens is 260 g/mol. The van der Waals surface area contributed by atoms with Crippen molar-refractivity contribution in [2.75, 3.05) is 11.9 Å². The zero-order chi connectivity index (χ0) is 14.8. The summed E-state index contributed by atoms with van der Waals surface area (Å²) >= 11 is 0. The van der Waals surface area contributed by atoms with Crippen LogP contribution >= 0.6 is 0 Å². The van der Waals surface area contributed by atoms with Gasteiger partial charge in [0.05, 0.1) is 0 Å². The van der Waals surface area contributed by atoms with Crippen molar-refractivity contribution in [1.82, 2.24) is 5.32 Å². The van der Waals surface area contributed by atoms with Crippen LogP contribution in [0.3, 0.4) is 0 Å². The molecule has 2 rings (SSSR count). The molecule has 6 nitrogen and oxygen atoms in total. The number of urea groups is 1. The number of rotatable bonds is 3. The smallest absolute Gasteiger partial charge is 0.329 e. The normalized spacial score (nSPS) is 16.6. The molecule has 20 heavy (non-hydrogen) atoms. The molecule has 1 aromatic carbocycles. The van der Waals surface area contributed by atoms with Crippen LogP contribution in [0.1, 0.15) is 25.7 Å². The second-order valence-electron chi connectivity index (χ2n) is 5.10. The van der Waals surface area contributed by atoms with Gasteiger partial charge in [-0.15, -0.1) is 0 Å². The third kappa shape index (κ3) is 2.68. The lowest BCUT2D eigenvalue weighted by Gasteiger charge is -2.28. The number of carboxylic acid groups (broad SMARTS) is 1. The van der Waals surface area contributed by atoms with Gasteiger partial charge < -0.3 is 15.5 Å². The lowest BCUT2D eigenvalue weighted by molar-refractivity contribution is -0.144. The fraction of sp³-hybridized carbons (Fsp3) is 0.429. The number of benzene rings is 1. The molecule has 0 radical (unpaired) electrons. The average molecular weight is 278 g/mol. The van der Waals surface area contributed by atoms with E-state index in [2.05, 4.69) is 5.32 Å². The maximum atomic E-state index is 12.2. The lowest BCUT2D eigenvalue weighted by Crippen LogP contribution is -2.55. The number of aliphatic carboxylic acids is 1. The van der Waals surface area contributed by atoms with E-state index in [9.17, 15) is 19.8 Å². The van der Waals surface area contributed by atoms with Crippen LogP contribution in [0.5, 0.6) is 5.75 Å². The van der Waals surface area contributed by atoms with E-state index in [0.717, 1.165) is 12.8 Å². The number of carboxylic acids is 1. The topological polar surface area (TPSA) is 89.9 Å². The summed E-state index contributed by atoms with van der Waals surface area (Å²) in [5.74, 6) is -0.941. The van der Waals surface area contributed by atoms with E-state index in [1.54, 1.807) is 12.1 Å². The quantitative estimate of drug-likeness (QED) is 0.788. The van der Waals surface area contributed by atoms with E-state index in [1.807, 2.05) is 0 Å². The summed E-state index contributed by atoms with van der Waals surface area (Å²) < 4.78 is 0. The maximum absolute atomic E-state index is 12.2. The number of amides is 2. The van der Waals surface area contributed by atoms with Gasteiger partial charge in [-0.3, -0.25) is 4.90 Å². The fourth-order valence-electron chi connectivity index (χ4n) is 2.48. The van der Waals surface area contributed by atoms with Crippen LogP contribution in [-0.2, 0) is 4.79 Å². The van der Waals surface area contributed by atoms with Gasteiger partial charge in [-0.25, -0.2) is 9.59 Å². The van der Waals surface area contributed by atoms with Crippen molar-refractivity contribution >= 4 is 17.7 Å². The number of carbonyl (C=O) groups is 2. The summed E-state index contributed by atoms with van der Waals surface area (Å²) in [6.07, 6.45) is 2.48. The van der Waals surface area contributed by atoms with Gasteiger partial charge in [-0.1, -0.05) is 18.9 Å². The highest BCUT2D eigenvalue weighted by atomic mass is 16.4. The number of anilines is 1. The number of phenols is 1. The highest BCUT2D eigenvalue weighted by Gasteiger charge is 2.43. The van der Waals surface area contributed by atoms with Crippen LogP contribution < -0.4 is 10.2 Å². The summed E-state index contributed by atoms with van der Waals surface area (Å²) in [6.45, 7) is 0. The van der Waals surface area contributed by atoms with Crippen molar-refractivity contribution in [2.45, 2.75) is 31.2 Å². The summed E-state index contributed by atoms with van der Waals surface area (Å²) in [5, 5.41) is 21.4. The highest BCUT2D eigenvalue weighted by Crippen LogP contribution is 2.30. The van der Waals surface area contributed by atoms with Crippen molar-refractivity contribution < 1.29 is 19.8 Å². The lowest BCUT2D eigenvalue weighted by atomic mass is 9.98. The van der Waals surface area contributed by atoms with Crippen molar-refractivity contribution in [1.29, 1.82) is 0 Å². The molecule has 0 heterocycles. The second-order valence-corrected chi connectivity index (χ2v) is 5.10. The number of nitrogens with zero attached hydrogens (tertiary/aromatic N) is 1. The molecular formula is C14H18N2O4. The molecule has 2 amide bonds. The fourth-order valence-corrected chi connectivity index (χ4v) is 2.48. The number of nitrogens with one attached hydrogen (secondary N) is 1. The Balaban J connectivity index is 2.13. The van der Waals surface area contributed by atoms with E-state index in [4.69, 9.17) is 0 Å². The van der Waals surface area contributed by atoms with E-state index in [-0.39, 0.29) is 5.75 Å². The van der Waals surface area contributed by atoms with Crippen LogP contribution in [0.4, 0.5) is 10.5 Å². The molecule has 0 spiro atoms. The van der Waals surface area contributed by atoms with Crippen LogP contribution in [-0.4, -0.2) is 34.8 Å². The van der Waals surface area contributed by atoms with Crippen molar-refractivity contribution in [3.8, 4) is 5.75 Å². The summed E-state index contributed by atoms with van der Waals surface area (Å²) in [6, 6.07) is 5.75. The average Bonchev–Trinajstić information content (AvgIpc) is 2.87. The zero-order valence-corrected chi connectivity index (χ0v) is 11.3. The first-order valence-corrected chi connectivity index (χ1v) is 6.53. The summed E-state index contributed by atoms with van der Waals surface area (Å²) in [7, 11) is 1.54. The minimum Gasteiger partial charge on any atom is -0.508 e. The Morgan fingerprint density at radius 1 is 1.30 bits per heavy atom. The van der Waals surface area contributed by atoms with Crippen LogP contribution in [0.2, 0.25) is 0 Å². The van der Waals surface area contributed by atoms with Gasteiger partial charge >= 0.3 is 12.0 Å². The van der Waals surface area contributed by atoms with E-state index >= 15 is 0 Å². The number of phenolic OH excluding ortho intramolecular Hbond substituents is 1. The van der Waals surface area contributed by atoms with Gasteiger partial charge in [0, 0.05) is 18.8 Å². The molecule has 108 valence electrons. The third-order valence-electron chi connectivity index (χ3n) is 3.73. The largest absolute Gasteiger partial charge is 0.508 e. The monoisotopic (exact) mass is 278 g/mol. The third-order valence-corrected chi connectivity index (χ3v) is 3.73. The van der Waals surface area contributed by atoms with Gasteiger partial charge in [-0.2, -0.15) is 0 Å². The first-order chi connectivity index (χ1) is 9.44. The van der Waals surface area contributed by atoms with Gasteiger partial charge in [0.25, 0.3) is 0 Å². The molecule has 0 bridgehead atoms. The van der Waals surface area contributed by atoms with Crippen molar-refractivity contribution in [3.05, 3.63) is 24.3 Å². The van der Waals surface area contributed by atoms with Gasteiger partial charge in [0.1, 0.15) is 11.3 Å². The Bertz CT molecular complexity index is 524. The number of hydrogen-bond acceptors (Lipinski definition) is 3. The minimum absolute atomic E-state index is 0.0518. The minimum atomic E-state index is -1.16. The molecule has 1 aliphatic carbocycles. The highest BCUT2D eigenvalue weighted by molar-refractivity contribution is 5.95. The molecule has 1 aliphatic rings. The molecule has 0 atom stereocenters. The molecule has 0 saturated heterocycles. The van der Waals surface area contributed by atoms with E-state index < -0.39 is 17.5 Å². The van der Waals surface area contributed by atoms with Gasteiger partial charge in [0.15, 0.2) is 0 Å². The van der Waals surface area contributed by atoms with Crippen molar-refractivity contribution in [3.63, 3.8) is 0 Å². The molecule has 3 N–H and O–H groups in total.